The van der Waals surface area contributed by atoms with Gasteiger partial charge in [0.25, 0.3) is 0 Å². The number of carbonyl (C=O) groups is 1. The van der Waals surface area contributed by atoms with E-state index in [2.05, 4.69) is 0 Å². The van der Waals surface area contributed by atoms with Crippen molar-refractivity contribution in [1.82, 2.24) is 0 Å². The summed E-state index contributed by atoms with van der Waals surface area (Å²) in [5.74, 6) is -0.232. The van der Waals surface area contributed by atoms with Gasteiger partial charge >= 0.3 is 13.1 Å². The van der Waals surface area contributed by atoms with Gasteiger partial charge in [0.05, 0.1) is 24.2 Å². The van der Waals surface area contributed by atoms with Crippen molar-refractivity contribution in [2.75, 3.05) is 7.11 Å². The van der Waals surface area contributed by atoms with Crippen molar-refractivity contribution in [3.05, 3.63) is 0 Å². The summed E-state index contributed by atoms with van der Waals surface area (Å²) in [5, 5.41) is -0.0226. The van der Waals surface area contributed by atoms with Crippen molar-refractivity contribution in [1.29, 1.82) is 0 Å². The molecule has 2 rings (SSSR count). The molecular formula is C14H24BClO4. The zero-order chi connectivity index (χ0) is 15.1. The minimum Gasteiger partial charge on any atom is -0.469 e. The second-order valence-corrected chi connectivity index (χ2v) is 7.40. The molecule has 0 amide bonds. The number of methoxy groups -OCH3 is 1. The summed E-state index contributed by atoms with van der Waals surface area (Å²) in [5.41, 5.74) is -0.737. The van der Waals surface area contributed by atoms with Crippen LogP contribution in [-0.4, -0.2) is 36.8 Å². The normalized spacial score (nSPS) is 35.9. The lowest BCUT2D eigenvalue weighted by Crippen LogP contribution is -2.41. The Labute approximate surface area is 126 Å². The summed E-state index contributed by atoms with van der Waals surface area (Å²) in [6, 6.07) is 0. The molecule has 1 aliphatic carbocycles. The summed E-state index contributed by atoms with van der Waals surface area (Å²) >= 11 is 6.45. The first-order chi connectivity index (χ1) is 9.18. The van der Waals surface area contributed by atoms with E-state index >= 15 is 0 Å². The highest BCUT2D eigenvalue weighted by molar-refractivity contribution is 6.49. The second-order valence-electron chi connectivity index (χ2n) is 6.84. The van der Waals surface area contributed by atoms with Crippen molar-refractivity contribution in [2.45, 2.75) is 69.4 Å². The molecule has 4 nitrogen and oxygen atoms in total. The predicted molar refractivity (Wildman–Crippen MR) is 78.8 cm³/mol. The average Bonchev–Trinajstić information content (AvgIpc) is 2.58. The van der Waals surface area contributed by atoms with Crippen LogP contribution in [0.25, 0.3) is 0 Å². The quantitative estimate of drug-likeness (QED) is 0.447. The minimum atomic E-state index is -0.369. The summed E-state index contributed by atoms with van der Waals surface area (Å²) in [6.45, 7) is 8.10. The lowest BCUT2D eigenvalue weighted by atomic mass is 9.61. The Kier molecular flexibility index (Phi) is 4.44. The first-order valence-electron chi connectivity index (χ1n) is 7.25. The van der Waals surface area contributed by atoms with Crippen LogP contribution in [0.4, 0.5) is 0 Å². The maximum atomic E-state index is 11.7. The third kappa shape index (κ3) is 2.86. The Morgan fingerprint density at radius 2 is 1.75 bits per heavy atom. The molecule has 0 spiro atoms. The van der Waals surface area contributed by atoms with Crippen LogP contribution in [0.1, 0.15) is 47.0 Å². The van der Waals surface area contributed by atoms with Gasteiger partial charge < -0.3 is 14.0 Å². The Hall–Kier alpha value is -0.255. The molecule has 0 aromatic heterocycles. The van der Waals surface area contributed by atoms with Gasteiger partial charge in [-0.15, -0.1) is 11.6 Å². The van der Waals surface area contributed by atoms with Gasteiger partial charge in [-0.2, -0.15) is 0 Å². The number of hydrogen-bond donors (Lipinski definition) is 0. The molecule has 114 valence electrons. The fraction of sp³-hybridized carbons (Fsp3) is 0.929. The number of rotatable bonds is 2. The van der Waals surface area contributed by atoms with E-state index in [9.17, 15) is 4.79 Å². The Bertz CT molecular complexity index is 369. The molecule has 2 fully saturated rings. The highest BCUT2D eigenvalue weighted by Crippen LogP contribution is 2.46. The number of halogens is 1. The number of hydrogen-bond acceptors (Lipinski definition) is 4. The number of esters is 1. The van der Waals surface area contributed by atoms with Crippen molar-refractivity contribution >= 4 is 24.7 Å². The van der Waals surface area contributed by atoms with Gasteiger partial charge in [-0.25, -0.2) is 0 Å². The average molecular weight is 303 g/mol. The van der Waals surface area contributed by atoms with Gasteiger partial charge in [0.15, 0.2) is 0 Å². The standard InChI is InChI=1S/C14H24BClO4/c1-13(2)14(3,4)20-15(19-13)10-8-9(12(17)18-5)6-7-11(10)16/h9-11H,6-8H2,1-5H3. The van der Waals surface area contributed by atoms with Gasteiger partial charge in [-0.05, 0) is 47.0 Å². The maximum absolute atomic E-state index is 11.7. The van der Waals surface area contributed by atoms with Crippen LogP contribution >= 0.6 is 11.6 Å². The lowest BCUT2D eigenvalue weighted by molar-refractivity contribution is -0.146. The molecule has 20 heavy (non-hydrogen) atoms. The first kappa shape index (κ1) is 16.1. The second kappa shape index (κ2) is 5.50. The molecule has 2 aliphatic rings. The van der Waals surface area contributed by atoms with Gasteiger partial charge in [0.2, 0.25) is 0 Å². The summed E-state index contributed by atoms with van der Waals surface area (Å²) < 4.78 is 17.0. The van der Waals surface area contributed by atoms with Gasteiger partial charge in [-0.1, -0.05) is 0 Å². The fourth-order valence-corrected chi connectivity index (χ4v) is 3.24. The summed E-state index contributed by atoms with van der Waals surface area (Å²) in [4.78, 5) is 11.7. The van der Waals surface area contributed by atoms with E-state index in [1.54, 1.807) is 0 Å². The smallest absolute Gasteiger partial charge is 0.462 e. The molecule has 1 aliphatic heterocycles. The van der Waals surface area contributed by atoms with Crippen LogP contribution in [0.15, 0.2) is 0 Å². The maximum Gasteiger partial charge on any atom is 0.462 e. The Balaban J connectivity index is 2.09. The van der Waals surface area contributed by atoms with E-state index in [0.717, 1.165) is 12.8 Å². The topological polar surface area (TPSA) is 44.8 Å². The van der Waals surface area contributed by atoms with Crippen LogP contribution in [0, 0.1) is 5.92 Å². The Morgan fingerprint density at radius 3 is 2.25 bits per heavy atom. The van der Waals surface area contributed by atoms with Crippen LogP contribution < -0.4 is 0 Å². The van der Waals surface area contributed by atoms with E-state index in [1.807, 2.05) is 27.7 Å². The predicted octanol–water partition coefficient (Wildman–Crippen LogP) is 3.03. The van der Waals surface area contributed by atoms with Gasteiger partial charge in [0.1, 0.15) is 0 Å². The minimum absolute atomic E-state index is 0.0226. The van der Waals surface area contributed by atoms with Crippen LogP contribution in [0.5, 0.6) is 0 Å². The van der Waals surface area contributed by atoms with Gasteiger partial charge in [-0.3, -0.25) is 4.79 Å². The first-order valence-corrected chi connectivity index (χ1v) is 7.69. The lowest BCUT2D eigenvalue weighted by Gasteiger charge is -2.32. The van der Waals surface area contributed by atoms with Crippen molar-refractivity contribution in [3.8, 4) is 0 Å². The molecule has 6 heteroatoms. The molecule has 0 radical (unpaired) electrons. The molecule has 1 saturated heterocycles. The zero-order valence-corrected chi connectivity index (χ0v) is 13.7. The third-order valence-corrected chi connectivity index (χ3v) is 5.51. The summed E-state index contributed by atoms with van der Waals surface area (Å²) in [6.07, 6.45) is 2.23. The van der Waals surface area contributed by atoms with Crippen molar-refractivity contribution in [2.24, 2.45) is 5.92 Å². The number of ether oxygens (including phenoxy) is 1. The van der Waals surface area contributed by atoms with E-state index < -0.39 is 0 Å². The largest absolute Gasteiger partial charge is 0.469 e. The van der Waals surface area contributed by atoms with Crippen LogP contribution in [0.2, 0.25) is 5.82 Å². The van der Waals surface area contributed by atoms with E-state index in [4.69, 9.17) is 25.6 Å². The molecule has 1 heterocycles. The number of carbonyl (C=O) groups excluding carboxylic acids is 1. The van der Waals surface area contributed by atoms with Crippen molar-refractivity contribution in [3.63, 3.8) is 0 Å². The van der Waals surface area contributed by atoms with Crippen LogP contribution in [0.3, 0.4) is 0 Å². The molecule has 0 aromatic carbocycles. The van der Waals surface area contributed by atoms with Crippen LogP contribution in [-0.2, 0) is 18.8 Å². The molecule has 1 saturated carbocycles. The third-order valence-electron chi connectivity index (χ3n) is 4.97. The van der Waals surface area contributed by atoms with Gasteiger partial charge in [0, 0.05) is 11.2 Å². The monoisotopic (exact) mass is 302 g/mol. The molecule has 3 unspecified atom stereocenters. The fourth-order valence-electron chi connectivity index (χ4n) is 2.89. The SMILES string of the molecule is COC(=O)C1CCC(Cl)C(B2OC(C)(C)C(C)(C)O2)C1. The zero-order valence-electron chi connectivity index (χ0n) is 12.9. The van der Waals surface area contributed by atoms with E-state index in [1.165, 1.54) is 7.11 Å². The molecule has 3 atom stereocenters. The molecular weight excluding hydrogens is 278 g/mol. The summed E-state index contributed by atoms with van der Waals surface area (Å²) in [7, 11) is 1.08. The van der Waals surface area contributed by atoms with Crippen molar-refractivity contribution < 1.29 is 18.8 Å². The van der Waals surface area contributed by atoms with E-state index in [0.29, 0.717) is 6.42 Å². The molecule has 0 aromatic rings. The highest BCUT2D eigenvalue weighted by Gasteiger charge is 2.56. The molecule has 0 N–H and O–H groups in total. The molecule has 0 bridgehead atoms. The highest BCUT2D eigenvalue weighted by atomic mass is 35.5. The Morgan fingerprint density at radius 1 is 1.20 bits per heavy atom. The van der Waals surface area contributed by atoms with E-state index in [-0.39, 0.29) is 41.4 Å². The number of alkyl halides is 1.